The monoisotopic (exact) mass is 234 g/mol. The van der Waals surface area contributed by atoms with E-state index in [2.05, 4.69) is 42.0 Å². The van der Waals surface area contributed by atoms with Gasteiger partial charge in [0.2, 0.25) is 0 Å². The Labute approximate surface area is 103 Å². The molecule has 1 saturated heterocycles. The molecule has 2 rings (SSSR count). The van der Waals surface area contributed by atoms with Gasteiger partial charge in [0.05, 0.1) is 12.6 Å². The van der Waals surface area contributed by atoms with E-state index in [0.717, 1.165) is 6.42 Å². The first-order valence-electron chi connectivity index (χ1n) is 6.53. The molecule has 3 unspecified atom stereocenters. The van der Waals surface area contributed by atoms with Gasteiger partial charge in [0.1, 0.15) is 0 Å². The summed E-state index contributed by atoms with van der Waals surface area (Å²) in [4.78, 5) is 0. The van der Waals surface area contributed by atoms with Crippen LogP contribution in [0.25, 0.3) is 0 Å². The third-order valence-corrected chi connectivity index (χ3v) is 3.62. The molecule has 1 fully saturated rings. The van der Waals surface area contributed by atoms with E-state index in [1.807, 2.05) is 6.07 Å². The summed E-state index contributed by atoms with van der Waals surface area (Å²) >= 11 is 0. The van der Waals surface area contributed by atoms with Crippen LogP contribution in [0.15, 0.2) is 30.3 Å². The standard InChI is InChI=1S/C14H22N2O/c1-2-3-9-12-13(10-17)15-16-14(12)11-7-5-4-6-8-11/h4-8,12-17H,2-3,9-10H2,1H3. The van der Waals surface area contributed by atoms with Crippen molar-refractivity contribution >= 4 is 0 Å². The van der Waals surface area contributed by atoms with E-state index in [9.17, 15) is 5.11 Å². The van der Waals surface area contributed by atoms with Crippen LogP contribution in [0.5, 0.6) is 0 Å². The number of hydrogen-bond acceptors (Lipinski definition) is 3. The Kier molecular flexibility index (Phi) is 4.54. The van der Waals surface area contributed by atoms with Crippen molar-refractivity contribution in [2.24, 2.45) is 5.92 Å². The molecule has 1 aromatic rings. The van der Waals surface area contributed by atoms with Gasteiger partial charge in [-0.25, -0.2) is 5.43 Å². The molecule has 0 amide bonds. The fourth-order valence-corrected chi connectivity index (χ4v) is 2.62. The lowest BCUT2D eigenvalue weighted by molar-refractivity contribution is 0.216. The van der Waals surface area contributed by atoms with Gasteiger partial charge in [-0.2, -0.15) is 0 Å². The van der Waals surface area contributed by atoms with Crippen molar-refractivity contribution in [2.45, 2.75) is 38.3 Å². The number of benzene rings is 1. The lowest BCUT2D eigenvalue weighted by Gasteiger charge is -2.22. The highest BCUT2D eigenvalue weighted by molar-refractivity contribution is 5.21. The zero-order valence-corrected chi connectivity index (χ0v) is 10.4. The molecule has 1 heterocycles. The van der Waals surface area contributed by atoms with Crippen LogP contribution < -0.4 is 10.9 Å². The second-order valence-corrected chi connectivity index (χ2v) is 4.77. The third-order valence-electron chi connectivity index (χ3n) is 3.62. The lowest BCUT2D eigenvalue weighted by Crippen LogP contribution is -2.34. The van der Waals surface area contributed by atoms with Crippen LogP contribution in [-0.2, 0) is 0 Å². The average molecular weight is 234 g/mol. The van der Waals surface area contributed by atoms with Gasteiger partial charge in [0.15, 0.2) is 0 Å². The normalized spacial score (nSPS) is 28.5. The molecule has 0 radical (unpaired) electrons. The smallest absolute Gasteiger partial charge is 0.0601 e. The molecule has 3 nitrogen and oxygen atoms in total. The first-order chi connectivity index (χ1) is 8.36. The third kappa shape index (κ3) is 2.86. The molecule has 3 N–H and O–H groups in total. The highest BCUT2D eigenvalue weighted by Crippen LogP contribution is 2.32. The van der Waals surface area contributed by atoms with E-state index < -0.39 is 0 Å². The van der Waals surface area contributed by atoms with Crippen molar-refractivity contribution in [3.05, 3.63) is 35.9 Å². The van der Waals surface area contributed by atoms with Gasteiger partial charge < -0.3 is 5.11 Å². The van der Waals surface area contributed by atoms with E-state index in [0.29, 0.717) is 12.0 Å². The molecule has 0 spiro atoms. The number of aliphatic hydroxyl groups is 1. The molecule has 1 aliphatic heterocycles. The van der Waals surface area contributed by atoms with Crippen LogP contribution >= 0.6 is 0 Å². The summed E-state index contributed by atoms with van der Waals surface area (Å²) in [5.41, 5.74) is 7.84. The summed E-state index contributed by atoms with van der Waals surface area (Å²) < 4.78 is 0. The van der Waals surface area contributed by atoms with E-state index >= 15 is 0 Å². The molecule has 1 aromatic carbocycles. The van der Waals surface area contributed by atoms with Crippen molar-refractivity contribution in [1.82, 2.24) is 10.9 Å². The van der Waals surface area contributed by atoms with Crippen LogP contribution in [0.3, 0.4) is 0 Å². The van der Waals surface area contributed by atoms with Gasteiger partial charge in [-0.15, -0.1) is 0 Å². The van der Waals surface area contributed by atoms with E-state index in [1.54, 1.807) is 0 Å². The minimum atomic E-state index is 0.173. The number of unbranched alkanes of at least 4 members (excludes halogenated alkanes) is 1. The molecule has 0 bridgehead atoms. The van der Waals surface area contributed by atoms with Gasteiger partial charge >= 0.3 is 0 Å². The van der Waals surface area contributed by atoms with Gasteiger partial charge in [-0.3, -0.25) is 5.43 Å². The summed E-state index contributed by atoms with van der Waals surface area (Å²) in [6.07, 6.45) is 3.57. The van der Waals surface area contributed by atoms with Crippen molar-refractivity contribution in [3.8, 4) is 0 Å². The number of hydrazine groups is 1. The Bertz CT molecular complexity index is 328. The van der Waals surface area contributed by atoms with Gasteiger partial charge in [0, 0.05) is 6.04 Å². The van der Waals surface area contributed by atoms with Gasteiger partial charge in [-0.1, -0.05) is 50.1 Å². The maximum Gasteiger partial charge on any atom is 0.0601 e. The quantitative estimate of drug-likeness (QED) is 0.730. The molecule has 94 valence electrons. The summed E-state index contributed by atoms with van der Waals surface area (Å²) in [5.74, 6) is 0.474. The zero-order valence-electron chi connectivity index (χ0n) is 10.4. The average Bonchev–Trinajstić information content (AvgIpc) is 2.80. The fraction of sp³-hybridized carbons (Fsp3) is 0.571. The van der Waals surface area contributed by atoms with Crippen molar-refractivity contribution < 1.29 is 5.11 Å². The SMILES string of the molecule is CCCCC1C(CO)NNC1c1ccccc1. The van der Waals surface area contributed by atoms with E-state index in [1.165, 1.54) is 18.4 Å². The molecule has 0 aliphatic carbocycles. The Morgan fingerprint density at radius 1 is 1.18 bits per heavy atom. The molecule has 0 saturated carbocycles. The minimum Gasteiger partial charge on any atom is -0.395 e. The number of rotatable bonds is 5. The molecular formula is C14H22N2O. The van der Waals surface area contributed by atoms with Crippen LogP contribution in [0.2, 0.25) is 0 Å². The summed E-state index contributed by atoms with van der Waals surface area (Å²) in [6, 6.07) is 11.0. The predicted molar refractivity (Wildman–Crippen MR) is 69.3 cm³/mol. The molecule has 3 atom stereocenters. The molecule has 0 aromatic heterocycles. The maximum absolute atomic E-state index is 9.40. The zero-order chi connectivity index (χ0) is 12.1. The largest absolute Gasteiger partial charge is 0.395 e. The minimum absolute atomic E-state index is 0.173. The van der Waals surface area contributed by atoms with Crippen molar-refractivity contribution in [3.63, 3.8) is 0 Å². The van der Waals surface area contributed by atoms with Gasteiger partial charge in [-0.05, 0) is 17.9 Å². The van der Waals surface area contributed by atoms with E-state index in [-0.39, 0.29) is 12.6 Å². The van der Waals surface area contributed by atoms with E-state index in [4.69, 9.17) is 0 Å². The Morgan fingerprint density at radius 2 is 1.94 bits per heavy atom. The Hall–Kier alpha value is -0.900. The number of hydrogen-bond donors (Lipinski definition) is 3. The lowest BCUT2D eigenvalue weighted by atomic mass is 9.86. The first kappa shape index (κ1) is 12.6. The molecule has 17 heavy (non-hydrogen) atoms. The van der Waals surface area contributed by atoms with Crippen LogP contribution in [-0.4, -0.2) is 17.8 Å². The van der Waals surface area contributed by atoms with Crippen molar-refractivity contribution in [2.75, 3.05) is 6.61 Å². The predicted octanol–water partition coefficient (Wildman–Crippen LogP) is 2.00. The molecule has 3 heteroatoms. The highest BCUT2D eigenvalue weighted by Gasteiger charge is 2.35. The second kappa shape index (κ2) is 6.15. The Morgan fingerprint density at radius 3 is 2.59 bits per heavy atom. The summed E-state index contributed by atoms with van der Waals surface area (Å²) in [7, 11) is 0. The van der Waals surface area contributed by atoms with Gasteiger partial charge in [0.25, 0.3) is 0 Å². The number of nitrogens with one attached hydrogen (secondary N) is 2. The molecular weight excluding hydrogens is 212 g/mol. The Balaban J connectivity index is 2.10. The van der Waals surface area contributed by atoms with Crippen LogP contribution in [0.1, 0.15) is 37.8 Å². The maximum atomic E-state index is 9.40. The molecule has 1 aliphatic rings. The summed E-state index contributed by atoms with van der Waals surface area (Å²) in [5, 5.41) is 9.40. The topological polar surface area (TPSA) is 44.3 Å². The fourth-order valence-electron chi connectivity index (χ4n) is 2.62. The summed E-state index contributed by atoms with van der Waals surface area (Å²) in [6.45, 7) is 2.41. The highest BCUT2D eigenvalue weighted by atomic mass is 16.3. The van der Waals surface area contributed by atoms with Crippen LogP contribution in [0, 0.1) is 5.92 Å². The second-order valence-electron chi connectivity index (χ2n) is 4.77. The van der Waals surface area contributed by atoms with Crippen molar-refractivity contribution in [1.29, 1.82) is 0 Å². The number of aliphatic hydroxyl groups excluding tert-OH is 1. The van der Waals surface area contributed by atoms with Crippen LogP contribution in [0.4, 0.5) is 0 Å². The first-order valence-corrected chi connectivity index (χ1v) is 6.53.